The highest BCUT2D eigenvalue weighted by atomic mass is 16.4. The molecule has 4 heteroatoms. The van der Waals surface area contributed by atoms with E-state index in [1.165, 1.54) is 0 Å². The summed E-state index contributed by atoms with van der Waals surface area (Å²) in [7, 11) is 0. The van der Waals surface area contributed by atoms with Crippen molar-refractivity contribution in [1.29, 1.82) is 0 Å². The number of rotatable bonds is 5. The van der Waals surface area contributed by atoms with E-state index in [0.717, 1.165) is 11.1 Å². The van der Waals surface area contributed by atoms with Gasteiger partial charge < -0.3 is 10.2 Å². The molecule has 0 fully saturated rings. The molecule has 110 valence electrons. The van der Waals surface area contributed by atoms with E-state index in [0.29, 0.717) is 5.56 Å². The van der Waals surface area contributed by atoms with E-state index in [4.69, 9.17) is 5.11 Å². The molecule has 2 N–H and O–H groups in total. The predicted octanol–water partition coefficient (Wildman–Crippen LogP) is 3.44. The second kappa shape index (κ2) is 6.07. The molecule has 1 rings (SSSR count). The Kier molecular flexibility index (Phi) is 4.93. The Morgan fingerprint density at radius 2 is 1.75 bits per heavy atom. The lowest BCUT2D eigenvalue weighted by Gasteiger charge is -2.22. The fraction of sp³-hybridized carbons (Fsp3) is 0.500. The minimum atomic E-state index is -0.915. The van der Waals surface area contributed by atoms with Crippen molar-refractivity contribution in [2.75, 3.05) is 0 Å². The van der Waals surface area contributed by atoms with Crippen LogP contribution in [0.25, 0.3) is 0 Å². The number of hydrogen-bond acceptors (Lipinski definition) is 3. The first-order valence-corrected chi connectivity index (χ1v) is 6.72. The normalized spacial score (nSPS) is 11.4. The van der Waals surface area contributed by atoms with E-state index in [2.05, 4.69) is 0 Å². The van der Waals surface area contributed by atoms with Crippen LogP contribution in [-0.4, -0.2) is 22.0 Å². The number of phenolic OH excluding ortho intramolecular Hbond substituents is 1. The molecule has 1 aromatic rings. The maximum atomic E-state index is 12.1. The summed E-state index contributed by atoms with van der Waals surface area (Å²) in [6.07, 6.45) is 0.379. The van der Waals surface area contributed by atoms with Crippen molar-refractivity contribution in [3.05, 3.63) is 28.8 Å². The molecule has 1 aromatic carbocycles. The number of benzene rings is 1. The molecule has 0 saturated carbocycles. The molecule has 20 heavy (non-hydrogen) atoms. The number of phenols is 1. The van der Waals surface area contributed by atoms with Gasteiger partial charge in [-0.1, -0.05) is 26.8 Å². The highest BCUT2D eigenvalue weighted by molar-refractivity contribution is 5.99. The van der Waals surface area contributed by atoms with Gasteiger partial charge >= 0.3 is 5.97 Å². The van der Waals surface area contributed by atoms with Crippen LogP contribution in [0.2, 0.25) is 0 Å². The van der Waals surface area contributed by atoms with Crippen molar-refractivity contribution in [2.24, 2.45) is 0 Å². The Morgan fingerprint density at radius 3 is 2.25 bits per heavy atom. The Bertz CT molecular complexity index is 524. The number of carbonyl (C=O) groups excluding carboxylic acids is 1. The number of aromatic hydroxyl groups is 1. The molecule has 0 radical (unpaired) electrons. The smallest absolute Gasteiger partial charge is 0.303 e. The quantitative estimate of drug-likeness (QED) is 0.809. The van der Waals surface area contributed by atoms with Crippen LogP contribution in [0.3, 0.4) is 0 Å². The van der Waals surface area contributed by atoms with Gasteiger partial charge in [0.25, 0.3) is 0 Å². The van der Waals surface area contributed by atoms with E-state index < -0.39 is 5.97 Å². The molecular formula is C16H22O4. The fourth-order valence-corrected chi connectivity index (χ4v) is 2.10. The molecule has 0 aromatic heterocycles. The summed E-state index contributed by atoms with van der Waals surface area (Å²) in [6.45, 7) is 7.79. The second-order valence-electron chi connectivity index (χ2n) is 6.13. The third-order valence-electron chi connectivity index (χ3n) is 3.16. The number of aryl methyl sites for hydroxylation is 1. The van der Waals surface area contributed by atoms with Gasteiger partial charge in [-0.15, -0.1) is 0 Å². The third kappa shape index (κ3) is 4.08. The monoisotopic (exact) mass is 278 g/mol. The van der Waals surface area contributed by atoms with Gasteiger partial charge in [-0.3, -0.25) is 9.59 Å². The summed E-state index contributed by atoms with van der Waals surface area (Å²) in [5.74, 6) is -1.11. The first kappa shape index (κ1) is 16.2. The first-order valence-electron chi connectivity index (χ1n) is 6.72. The molecule has 0 aliphatic rings. The highest BCUT2D eigenvalue weighted by Crippen LogP contribution is 2.35. The van der Waals surface area contributed by atoms with Crippen molar-refractivity contribution in [1.82, 2.24) is 0 Å². The maximum Gasteiger partial charge on any atom is 0.303 e. The summed E-state index contributed by atoms with van der Waals surface area (Å²) in [5, 5.41) is 18.9. The van der Waals surface area contributed by atoms with E-state index >= 15 is 0 Å². The molecule has 0 heterocycles. The lowest BCUT2D eigenvalue weighted by molar-refractivity contribution is -0.137. The van der Waals surface area contributed by atoms with Crippen molar-refractivity contribution in [2.45, 2.75) is 52.4 Å². The topological polar surface area (TPSA) is 74.6 Å². The van der Waals surface area contributed by atoms with Crippen LogP contribution in [0.5, 0.6) is 5.75 Å². The Morgan fingerprint density at radius 1 is 1.15 bits per heavy atom. The zero-order valence-corrected chi connectivity index (χ0v) is 12.5. The number of aliphatic carboxylic acids is 1. The van der Waals surface area contributed by atoms with E-state index in [1.807, 2.05) is 33.8 Å². The molecule has 0 saturated heterocycles. The van der Waals surface area contributed by atoms with Crippen LogP contribution in [-0.2, 0) is 10.2 Å². The fourth-order valence-electron chi connectivity index (χ4n) is 2.10. The SMILES string of the molecule is Cc1cc(C(=O)CCCC(=O)O)c(O)c(C(C)(C)C)c1. The van der Waals surface area contributed by atoms with Gasteiger partial charge in [-0.05, 0) is 30.4 Å². The van der Waals surface area contributed by atoms with Crippen molar-refractivity contribution < 1.29 is 19.8 Å². The van der Waals surface area contributed by atoms with Crippen LogP contribution in [0, 0.1) is 6.92 Å². The van der Waals surface area contributed by atoms with Crippen LogP contribution >= 0.6 is 0 Å². The summed E-state index contributed by atoms with van der Waals surface area (Å²) in [6, 6.07) is 3.54. The van der Waals surface area contributed by atoms with Crippen LogP contribution < -0.4 is 0 Å². The first-order chi connectivity index (χ1) is 9.12. The molecule has 4 nitrogen and oxygen atoms in total. The number of carboxylic acids is 1. The highest BCUT2D eigenvalue weighted by Gasteiger charge is 2.23. The Balaban J connectivity index is 3.03. The van der Waals surface area contributed by atoms with Crippen LogP contribution in [0.1, 0.15) is 61.5 Å². The minimum Gasteiger partial charge on any atom is -0.507 e. The van der Waals surface area contributed by atoms with E-state index in [-0.39, 0.29) is 36.2 Å². The summed E-state index contributed by atoms with van der Waals surface area (Å²) in [4.78, 5) is 22.6. The van der Waals surface area contributed by atoms with E-state index in [1.54, 1.807) is 6.07 Å². The molecule has 0 aliphatic heterocycles. The molecule has 0 amide bonds. The molecule has 0 aliphatic carbocycles. The Hall–Kier alpha value is -1.84. The standard InChI is InChI=1S/C16H22O4/c1-10-8-11(13(17)6-5-7-14(18)19)15(20)12(9-10)16(2,3)4/h8-9,20H,5-7H2,1-4H3,(H,18,19). The van der Waals surface area contributed by atoms with Crippen molar-refractivity contribution in [3.63, 3.8) is 0 Å². The predicted molar refractivity (Wildman–Crippen MR) is 77.4 cm³/mol. The van der Waals surface area contributed by atoms with Gasteiger partial charge in [-0.25, -0.2) is 0 Å². The zero-order valence-electron chi connectivity index (χ0n) is 12.5. The summed E-state index contributed by atoms with van der Waals surface area (Å²) in [5.41, 5.74) is 1.68. The van der Waals surface area contributed by atoms with Gasteiger partial charge in [0.2, 0.25) is 0 Å². The van der Waals surface area contributed by atoms with Crippen molar-refractivity contribution in [3.8, 4) is 5.75 Å². The van der Waals surface area contributed by atoms with E-state index in [9.17, 15) is 14.7 Å². The summed E-state index contributed by atoms with van der Waals surface area (Å²) >= 11 is 0. The lowest BCUT2D eigenvalue weighted by atomic mass is 9.83. The number of carboxylic acid groups (broad SMARTS) is 1. The number of ketones is 1. The number of hydrogen-bond donors (Lipinski definition) is 2. The van der Waals surface area contributed by atoms with Crippen LogP contribution in [0.4, 0.5) is 0 Å². The number of Topliss-reactive ketones (excluding diaryl/α,β-unsaturated/α-hetero) is 1. The second-order valence-corrected chi connectivity index (χ2v) is 6.13. The van der Waals surface area contributed by atoms with Crippen molar-refractivity contribution >= 4 is 11.8 Å². The van der Waals surface area contributed by atoms with Crippen LogP contribution in [0.15, 0.2) is 12.1 Å². The maximum absolute atomic E-state index is 12.1. The lowest BCUT2D eigenvalue weighted by Crippen LogP contribution is -2.14. The third-order valence-corrected chi connectivity index (χ3v) is 3.16. The van der Waals surface area contributed by atoms with Gasteiger partial charge in [0.15, 0.2) is 5.78 Å². The zero-order chi connectivity index (χ0) is 15.5. The molecule has 0 spiro atoms. The van der Waals surface area contributed by atoms with Gasteiger partial charge in [0, 0.05) is 18.4 Å². The Labute approximate surface area is 119 Å². The molecule has 0 atom stereocenters. The largest absolute Gasteiger partial charge is 0.507 e. The number of carbonyl (C=O) groups is 2. The average Bonchev–Trinajstić information content (AvgIpc) is 2.29. The molecule has 0 bridgehead atoms. The van der Waals surface area contributed by atoms with Gasteiger partial charge in [0.1, 0.15) is 5.75 Å². The van der Waals surface area contributed by atoms with Gasteiger partial charge in [-0.2, -0.15) is 0 Å². The molecule has 0 unspecified atom stereocenters. The summed E-state index contributed by atoms with van der Waals surface area (Å²) < 4.78 is 0. The van der Waals surface area contributed by atoms with Gasteiger partial charge in [0.05, 0.1) is 5.56 Å². The minimum absolute atomic E-state index is 0.0171. The average molecular weight is 278 g/mol. The molecular weight excluding hydrogens is 256 g/mol.